The summed E-state index contributed by atoms with van der Waals surface area (Å²) in [6, 6.07) is 0. The van der Waals surface area contributed by atoms with E-state index >= 15 is 0 Å². The highest BCUT2D eigenvalue weighted by molar-refractivity contribution is 7.98. The Labute approximate surface area is 91.9 Å². The first kappa shape index (κ1) is 12.3. The average Bonchev–Trinajstić information content (AvgIpc) is 2.67. The Hall–Kier alpha value is 0.270. The average molecular weight is 217 g/mol. The molecule has 84 valence electrons. The van der Waals surface area contributed by atoms with Crippen LogP contribution < -0.4 is 5.32 Å². The Morgan fingerprint density at radius 3 is 2.57 bits per heavy atom. The van der Waals surface area contributed by atoms with Crippen LogP contribution in [0.2, 0.25) is 0 Å². The van der Waals surface area contributed by atoms with E-state index in [1.54, 1.807) is 0 Å². The van der Waals surface area contributed by atoms with E-state index in [2.05, 4.69) is 11.6 Å². The molecule has 0 saturated heterocycles. The molecule has 0 amide bonds. The lowest BCUT2D eigenvalue weighted by Crippen LogP contribution is -2.46. The summed E-state index contributed by atoms with van der Waals surface area (Å²) in [4.78, 5) is 0. The van der Waals surface area contributed by atoms with Crippen LogP contribution in [0.4, 0.5) is 0 Å². The van der Waals surface area contributed by atoms with Crippen molar-refractivity contribution in [3.05, 3.63) is 0 Å². The van der Waals surface area contributed by atoms with Crippen molar-refractivity contribution in [3.8, 4) is 0 Å². The zero-order valence-electron chi connectivity index (χ0n) is 9.22. The summed E-state index contributed by atoms with van der Waals surface area (Å²) in [5.74, 6) is 1.26. The van der Waals surface area contributed by atoms with Gasteiger partial charge >= 0.3 is 0 Å². The van der Waals surface area contributed by atoms with Crippen molar-refractivity contribution in [2.24, 2.45) is 0 Å². The van der Waals surface area contributed by atoms with Gasteiger partial charge in [0.2, 0.25) is 0 Å². The molecule has 0 unspecified atom stereocenters. The second-order valence-corrected chi connectivity index (χ2v) is 5.26. The summed E-state index contributed by atoms with van der Waals surface area (Å²) in [6.45, 7) is 1.39. The zero-order chi connectivity index (χ0) is 10.3. The molecule has 0 spiro atoms. The second kappa shape index (κ2) is 6.70. The van der Waals surface area contributed by atoms with E-state index in [1.165, 1.54) is 31.4 Å². The van der Waals surface area contributed by atoms with E-state index in [9.17, 15) is 5.11 Å². The molecule has 0 aromatic rings. The molecule has 3 heteroatoms. The number of rotatable bonds is 7. The van der Waals surface area contributed by atoms with E-state index in [0.29, 0.717) is 6.61 Å². The van der Waals surface area contributed by atoms with Crippen LogP contribution in [0, 0.1) is 0 Å². The molecule has 2 N–H and O–H groups in total. The molecule has 0 heterocycles. The van der Waals surface area contributed by atoms with Crippen LogP contribution in [-0.4, -0.2) is 35.8 Å². The van der Waals surface area contributed by atoms with Crippen LogP contribution in [0.3, 0.4) is 0 Å². The van der Waals surface area contributed by atoms with Gasteiger partial charge in [0.05, 0.1) is 6.61 Å². The zero-order valence-corrected chi connectivity index (χ0v) is 10.0. The largest absolute Gasteiger partial charge is 0.394 e. The lowest BCUT2D eigenvalue weighted by atomic mass is 9.99. The first-order chi connectivity index (χ1) is 6.83. The van der Waals surface area contributed by atoms with Crippen LogP contribution in [0.15, 0.2) is 0 Å². The minimum Gasteiger partial charge on any atom is -0.394 e. The molecule has 1 rings (SSSR count). The third kappa shape index (κ3) is 3.79. The van der Waals surface area contributed by atoms with Crippen molar-refractivity contribution >= 4 is 11.8 Å². The molecular formula is C11H23NOS. The third-order valence-electron chi connectivity index (χ3n) is 3.14. The van der Waals surface area contributed by atoms with Gasteiger partial charge in [0.15, 0.2) is 0 Å². The van der Waals surface area contributed by atoms with Gasteiger partial charge in [-0.05, 0) is 44.2 Å². The maximum absolute atomic E-state index is 9.35. The Morgan fingerprint density at radius 1 is 1.29 bits per heavy atom. The minimum absolute atomic E-state index is 0.0827. The second-order valence-electron chi connectivity index (χ2n) is 4.27. The highest BCUT2D eigenvalue weighted by Crippen LogP contribution is 2.28. The monoisotopic (exact) mass is 217 g/mol. The fourth-order valence-corrected chi connectivity index (χ4v) is 2.66. The molecule has 1 aliphatic carbocycles. The lowest BCUT2D eigenvalue weighted by molar-refractivity contribution is 0.164. The maximum atomic E-state index is 9.35. The Kier molecular flexibility index (Phi) is 5.90. The fraction of sp³-hybridized carbons (Fsp3) is 1.00. The van der Waals surface area contributed by atoms with Crippen molar-refractivity contribution in [2.75, 3.05) is 25.2 Å². The van der Waals surface area contributed by atoms with Gasteiger partial charge in [0.1, 0.15) is 0 Å². The molecule has 1 saturated carbocycles. The Balaban J connectivity index is 2.08. The van der Waals surface area contributed by atoms with Gasteiger partial charge < -0.3 is 10.4 Å². The summed E-state index contributed by atoms with van der Waals surface area (Å²) < 4.78 is 0. The lowest BCUT2D eigenvalue weighted by Gasteiger charge is -2.28. The third-order valence-corrected chi connectivity index (χ3v) is 3.84. The smallest absolute Gasteiger partial charge is 0.0613 e. The summed E-state index contributed by atoms with van der Waals surface area (Å²) >= 11 is 1.91. The quantitative estimate of drug-likeness (QED) is 0.640. The number of hydrogen-bond donors (Lipinski definition) is 2. The van der Waals surface area contributed by atoms with Crippen LogP contribution in [-0.2, 0) is 0 Å². The standard InChI is InChI=1S/C11H23NOS/c1-14-9-5-4-8-12-11(10-13)6-2-3-7-11/h12-13H,2-10H2,1H3. The number of nitrogens with one attached hydrogen (secondary N) is 1. The molecule has 2 nitrogen and oxygen atoms in total. The number of hydrogen-bond acceptors (Lipinski definition) is 3. The SMILES string of the molecule is CSCCCCNC1(CO)CCCC1. The van der Waals surface area contributed by atoms with Crippen molar-refractivity contribution in [1.82, 2.24) is 5.32 Å². The topological polar surface area (TPSA) is 32.3 Å². The van der Waals surface area contributed by atoms with Gasteiger partial charge in [0, 0.05) is 5.54 Å². The van der Waals surface area contributed by atoms with Crippen molar-refractivity contribution in [2.45, 2.75) is 44.1 Å². The van der Waals surface area contributed by atoms with Crippen LogP contribution in [0.25, 0.3) is 0 Å². The minimum atomic E-state index is 0.0827. The van der Waals surface area contributed by atoms with Crippen molar-refractivity contribution in [1.29, 1.82) is 0 Å². The molecule has 0 atom stereocenters. The Morgan fingerprint density at radius 2 is 2.00 bits per heavy atom. The first-order valence-corrected chi connectivity index (χ1v) is 7.07. The molecule has 14 heavy (non-hydrogen) atoms. The van der Waals surface area contributed by atoms with Crippen LogP contribution >= 0.6 is 11.8 Å². The summed E-state index contributed by atoms with van der Waals surface area (Å²) in [5, 5.41) is 12.9. The summed E-state index contributed by atoms with van der Waals surface area (Å²) in [6.07, 6.45) is 9.55. The van der Waals surface area contributed by atoms with Gasteiger partial charge in [-0.25, -0.2) is 0 Å². The molecule has 0 aromatic heterocycles. The van der Waals surface area contributed by atoms with Gasteiger partial charge in [-0.1, -0.05) is 12.8 Å². The molecule has 0 aliphatic heterocycles. The highest BCUT2D eigenvalue weighted by Gasteiger charge is 2.31. The van der Waals surface area contributed by atoms with E-state index in [-0.39, 0.29) is 5.54 Å². The predicted molar refractivity (Wildman–Crippen MR) is 63.9 cm³/mol. The van der Waals surface area contributed by atoms with Gasteiger partial charge in [0.25, 0.3) is 0 Å². The fourth-order valence-electron chi connectivity index (χ4n) is 2.17. The van der Waals surface area contributed by atoms with E-state index in [0.717, 1.165) is 19.4 Å². The normalized spacial score (nSPS) is 20.1. The summed E-state index contributed by atoms with van der Waals surface area (Å²) in [7, 11) is 0. The molecule has 0 aromatic carbocycles. The van der Waals surface area contributed by atoms with Crippen molar-refractivity contribution in [3.63, 3.8) is 0 Å². The van der Waals surface area contributed by atoms with Gasteiger partial charge in [-0.3, -0.25) is 0 Å². The predicted octanol–water partition coefficient (Wildman–Crippen LogP) is 2.02. The number of unbranched alkanes of at least 4 members (excludes halogenated alkanes) is 1. The maximum Gasteiger partial charge on any atom is 0.0613 e. The molecule has 1 fully saturated rings. The number of thioether (sulfide) groups is 1. The van der Waals surface area contributed by atoms with Crippen LogP contribution in [0.1, 0.15) is 38.5 Å². The first-order valence-electron chi connectivity index (χ1n) is 5.68. The number of aliphatic hydroxyl groups excluding tert-OH is 1. The molecular weight excluding hydrogens is 194 g/mol. The molecule has 0 radical (unpaired) electrons. The van der Waals surface area contributed by atoms with Gasteiger partial charge in [-0.15, -0.1) is 0 Å². The van der Waals surface area contributed by atoms with E-state index in [1.807, 2.05) is 11.8 Å². The number of aliphatic hydroxyl groups is 1. The van der Waals surface area contributed by atoms with Crippen molar-refractivity contribution < 1.29 is 5.11 Å². The van der Waals surface area contributed by atoms with E-state index < -0.39 is 0 Å². The summed E-state index contributed by atoms with van der Waals surface area (Å²) in [5.41, 5.74) is 0.0827. The molecule has 1 aliphatic rings. The highest BCUT2D eigenvalue weighted by atomic mass is 32.2. The Bertz CT molecular complexity index is 146. The van der Waals surface area contributed by atoms with Gasteiger partial charge in [-0.2, -0.15) is 11.8 Å². The van der Waals surface area contributed by atoms with E-state index in [4.69, 9.17) is 0 Å². The van der Waals surface area contributed by atoms with Crippen LogP contribution in [0.5, 0.6) is 0 Å². The molecule has 0 bridgehead atoms.